The van der Waals surface area contributed by atoms with Gasteiger partial charge in [-0.25, -0.2) is 0 Å². The maximum absolute atomic E-state index is 8.74. The summed E-state index contributed by atoms with van der Waals surface area (Å²) in [5.74, 6) is 0. The Morgan fingerprint density at radius 3 is 0.952 bits per heavy atom. The zero-order valence-corrected chi connectivity index (χ0v) is 14.4. The van der Waals surface area contributed by atoms with Crippen LogP contribution in [0.1, 0.15) is 0 Å². The fraction of sp³-hybridized carbons (Fsp3) is 0.286. The number of hydrogen-bond acceptors (Lipinski definition) is 4. The number of hydrogen-bond donors (Lipinski definition) is 5. The Morgan fingerprint density at radius 1 is 0.714 bits per heavy atom. The second-order valence-corrected chi connectivity index (χ2v) is 2.18. The van der Waals surface area contributed by atoms with Crippen LogP contribution in [0.15, 0.2) is 65.8 Å². The Bertz CT molecular complexity index is 134. The molecule has 0 saturated carbocycles. The molecule has 21 heavy (non-hydrogen) atoms. The molecular formula is C14H36N3O3P. The number of nitrogens with one attached hydrogen (secondary N) is 1. The molecule has 0 aromatic heterocycles. The lowest BCUT2D eigenvalue weighted by Crippen LogP contribution is -2.27. The average molecular weight is 325 g/mol. The van der Waals surface area contributed by atoms with Crippen LogP contribution in [0, 0.1) is 0 Å². The molecule has 0 aliphatic heterocycles. The van der Waals surface area contributed by atoms with Gasteiger partial charge < -0.3 is 26.6 Å². The van der Waals surface area contributed by atoms with E-state index in [1.54, 1.807) is 0 Å². The molecule has 130 valence electrons. The molecule has 0 amide bonds. The van der Waals surface area contributed by atoms with Gasteiger partial charge in [-0.2, -0.15) is 0 Å². The van der Waals surface area contributed by atoms with E-state index in [9.17, 15) is 0 Å². The highest BCUT2D eigenvalue weighted by Gasteiger charge is 1.76. The summed E-state index contributed by atoms with van der Waals surface area (Å²) in [5, 5.41) is 3.03. The SMILES string of the molecule is C=C.C=C.C=C.C=C.C=C.NCCNCCN.O=[PH](O)O. The summed E-state index contributed by atoms with van der Waals surface area (Å²) in [7, 11) is -3.13. The molecule has 6 nitrogen and oxygen atoms in total. The summed E-state index contributed by atoms with van der Waals surface area (Å²) in [6.45, 7) is 33.1. The highest BCUT2D eigenvalue weighted by molar-refractivity contribution is 7.30. The van der Waals surface area contributed by atoms with Crippen LogP contribution in [-0.4, -0.2) is 36.0 Å². The maximum atomic E-state index is 8.74. The Balaban J connectivity index is -0.0000000243. The van der Waals surface area contributed by atoms with Crippen molar-refractivity contribution in [2.75, 3.05) is 26.2 Å². The van der Waals surface area contributed by atoms with Crippen molar-refractivity contribution in [2.24, 2.45) is 11.5 Å². The Kier molecular flexibility index (Phi) is 264. The summed E-state index contributed by atoms with van der Waals surface area (Å²) in [5.41, 5.74) is 10.3. The highest BCUT2D eigenvalue weighted by atomic mass is 31.1. The molecule has 7 N–H and O–H groups in total. The van der Waals surface area contributed by atoms with E-state index in [0.717, 1.165) is 13.1 Å². The molecule has 0 spiro atoms. The summed E-state index contributed by atoms with van der Waals surface area (Å²) in [6, 6.07) is 0. The van der Waals surface area contributed by atoms with Gasteiger partial charge in [-0.05, 0) is 0 Å². The van der Waals surface area contributed by atoms with Crippen molar-refractivity contribution < 1.29 is 14.4 Å². The summed E-state index contributed by atoms with van der Waals surface area (Å²) in [6.07, 6.45) is 0. The van der Waals surface area contributed by atoms with Gasteiger partial charge in [-0.3, -0.25) is 4.57 Å². The normalized spacial score (nSPS) is 5.76. The van der Waals surface area contributed by atoms with E-state index < -0.39 is 8.25 Å². The molecule has 0 aliphatic carbocycles. The van der Waals surface area contributed by atoms with Crippen LogP contribution in [0.25, 0.3) is 0 Å². The van der Waals surface area contributed by atoms with E-state index in [1.165, 1.54) is 0 Å². The second kappa shape index (κ2) is 130. The largest absolute Gasteiger partial charge is 0.329 e. The van der Waals surface area contributed by atoms with Crippen molar-refractivity contribution in [1.29, 1.82) is 0 Å². The quantitative estimate of drug-likeness (QED) is 0.305. The van der Waals surface area contributed by atoms with Gasteiger partial charge in [0.25, 0.3) is 0 Å². The van der Waals surface area contributed by atoms with Crippen molar-refractivity contribution in [3.63, 3.8) is 0 Å². The molecule has 0 saturated heterocycles. The molecular weight excluding hydrogens is 289 g/mol. The summed E-state index contributed by atoms with van der Waals surface area (Å²) < 4.78 is 8.74. The third-order valence-corrected chi connectivity index (χ3v) is 0.642. The van der Waals surface area contributed by atoms with Crippen molar-refractivity contribution in [3.8, 4) is 0 Å². The minimum absolute atomic E-state index is 0.694. The molecule has 0 bridgehead atoms. The number of rotatable bonds is 4. The van der Waals surface area contributed by atoms with Crippen molar-refractivity contribution in [3.05, 3.63) is 65.8 Å². The van der Waals surface area contributed by atoms with Gasteiger partial charge in [-0.1, -0.05) is 0 Å². The lowest BCUT2D eigenvalue weighted by molar-refractivity contribution is 0.405. The van der Waals surface area contributed by atoms with Crippen LogP contribution in [0.2, 0.25) is 0 Å². The van der Waals surface area contributed by atoms with Crippen LogP contribution in [-0.2, 0) is 4.57 Å². The molecule has 0 aliphatic rings. The minimum atomic E-state index is -3.13. The van der Waals surface area contributed by atoms with E-state index in [-0.39, 0.29) is 0 Å². The number of nitrogens with two attached hydrogens (primary N) is 2. The first-order valence-electron chi connectivity index (χ1n) is 5.67. The minimum Gasteiger partial charge on any atom is -0.329 e. The van der Waals surface area contributed by atoms with Crippen molar-refractivity contribution in [2.45, 2.75) is 0 Å². The molecule has 0 unspecified atom stereocenters. The van der Waals surface area contributed by atoms with E-state index in [2.05, 4.69) is 71.1 Å². The van der Waals surface area contributed by atoms with Gasteiger partial charge in [0, 0.05) is 26.2 Å². The zero-order valence-electron chi connectivity index (χ0n) is 13.4. The van der Waals surface area contributed by atoms with E-state index in [0.29, 0.717) is 13.1 Å². The van der Waals surface area contributed by atoms with Gasteiger partial charge in [0.1, 0.15) is 0 Å². The van der Waals surface area contributed by atoms with Crippen LogP contribution in [0.4, 0.5) is 0 Å². The van der Waals surface area contributed by atoms with Gasteiger partial charge in [0.2, 0.25) is 0 Å². The molecule has 7 heteroatoms. The first-order valence-corrected chi connectivity index (χ1v) is 6.98. The third-order valence-electron chi connectivity index (χ3n) is 0.642. The Hall–Kier alpha value is -1.27. The highest BCUT2D eigenvalue weighted by Crippen LogP contribution is 1.98. The molecule has 0 aromatic carbocycles. The van der Waals surface area contributed by atoms with E-state index >= 15 is 0 Å². The molecule has 0 radical (unpaired) electrons. The monoisotopic (exact) mass is 325 g/mol. The Morgan fingerprint density at radius 2 is 0.857 bits per heavy atom. The molecule has 0 fully saturated rings. The second-order valence-electron chi connectivity index (χ2n) is 1.61. The summed E-state index contributed by atoms with van der Waals surface area (Å²) in [4.78, 5) is 14.3. The van der Waals surface area contributed by atoms with Gasteiger partial charge in [-0.15, -0.1) is 65.8 Å². The molecule has 0 aromatic rings. The first kappa shape index (κ1) is 42.7. The van der Waals surface area contributed by atoms with E-state index in [4.69, 9.17) is 25.8 Å². The fourth-order valence-corrected chi connectivity index (χ4v) is 0.329. The van der Waals surface area contributed by atoms with Crippen molar-refractivity contribution in [1.82, 2.24) is 5.32 Å². The Labute approximate surface area is 132 Å². The lowest BCUT2D eigenvalue weighted by atomic mass is 10.6. The third kappa shape index (κ3) is 703. The fourth-order valence-electron chi connectivity index (χ4n) is 0.329. The van der Waals surface area contributed by atoms with Crippen LogP contribution < -0.4 is 16.8 Å². The van der Waals surface area contributed by atoms with Crippen LogP contribution >= 0.6 is 8.25 Å². The van der Waals surface area contributed by atoms with Crippen LogP contribution in [0.3, 0.4) is 0 Å². The van der Waals surface area contributed by atoms with Crippen LogP contribution in [0.5, 0.6) is 0 Å². The molecule has 0 atom stereocenters. The predicted molar refractivity (Wildman–Crippen MR) is 101 cm³/mol. The smallest absolute Gasteiger partial charge is 0.314 e. The summed E-state index contributed by atoms with van der Waals surface area (Å²) >= 11 is 0. The molecule has 0 rings (SSSR count). The standard InChI is InChI=1S/C4H13N3.5C2H4.H3O3P/c5-1-3-7-4-2-6;5*1-2;1-4(2)3/h7H,1-6H2;5*1-2H2;4H,(H2,1,2,3). The lowest BCUT2D eigenvalue weighted by Gasteiger charge is -1.95. The zero-order chi connectivity index (χ0) is 19.1. The van der Waals surface area contributed by atoms with Gasteiger partial charge in [0.15, 0.2) is 0 Å². The first-order chi connectivity index (χ1) is 10.1. The molecule has 0 heterocycles. The predicted octanol–water partition coefficient (Wildman–Crippen LogP) is 1.87. The van der Waals surface area contributed by atoms with Crippen molar-refractivity contribution >= 4 is 8.25 Å². The van der Waals surface area contributed by atoms with Gasteiger partial charge >= 0.3 is 8.25 Å². The topological polar surface area (TPSA) is 122 Å². The van der Waals surface area contributed by atoms with E-state index in [1.807, 2.05) is 0 Å². The van der Waals surface area contributed by atoms with Gasteiger partial charge in [0.05, 0.1) is 0 Å². The maximum Gasteiger partial charge on any atom is 0.314 e. The average Bonchev–Trinajstić information content (AvgIpc) is 2.57.